The lowest BCUT2D eigenvalue weighted by Gasteiger charge is -2.30. The summed E-state index contributed by atoms with van der Waals surface area (Å²) in [5.41, 5.74) is -0.360. The Morgan fingerprint density at radius 1 is 1.41 bits per heavy atom. The number of aromatic nitrogens is 2. The zero-order chi connectivity index (χ0) is 19.6. The molecule has 2 heterocycles. The molecule has 9 nitrogen and oxygen atoms in total. The number of nitro benzene ring substituents is 1. The highest BCUT2D eigenvalue weighted by molar-refractivity contribution is 5.92. The molecule has 0 spiro atoms. The molecule has 2 atom stereocenters. The third-order valence-electron chi connectivity index (χ3n) is 4.71. The molecule has 1 aliphatic rings. The number of rotatable bonds is 4. The van der Waals surface area contributed by atoms with Crippen molar-refractivity contribution in [3.05, 3.63) is 62.1 Å². The van der Waals surface area contributed by atoms with Gasteiger partial charge in [-0.1, -0.05) is 12.1 Å². The van der Waals surface area contributed by atoms with Crippen LogP contribution in [-0.2, 0) is 0 Å². The molecule has 1 amide bonds. The Labute approximate surface area is 155 Å². The van der Waals surface area contributed by atoms with Gasteiger partial charge in [0, 0.05) is 29.9 Å². The highest BCUT2D eigenvalue weighted by atomic mass is 16.6. The number of hydrogen-bond acceptors (Lipinski definition) is 6. The Bertz CT molecular complexity index is 940. The summed E-state index contributed by atoms with van der Waals surface area (Å²) < 4.78 is 1.26. The van der Waals surface area contributed by atoms with Gasteiger partial charge in [0.05, 0.1) is 4.92 Å². The molecule has 1 aliphatic heterocycles. The maximum Gasteiger partial charge on any atom is 0.294 e. The molecule has 27 heavy (non-hydrogen) atoms. The number of nitro groups is 1. The lowest BCUT2D eigenvalue weighted by Crippen LogP contribution is -2.52. The summed E-state index contributed by atoms with van der Waals surface area (Å²) in [7, 11) is 0. The summed E-state index contributed by atoms with van der Waals surface area (Å²) in [5.74, 6) is -0.576. The van der Waals surface area contributed by atoms with Crippen molar-refractivity contribution in [1.29, 1.82) is 0 Å². The van der Waals surface area contributed by atoms with Crippen molar-refractivity contribution in [2.24, 2.45) is 0 Å². The molecule has 1 fully saturated rings. The molecule has 0 saturated carbocycles. The topological polar surface area (TPSA) is 119 Å². The molecule has 0 bridgehead atoms. The minimum absolute atomic E-state index is 0.0885. The summed E-state index contributed by atoms with van der Waals surface area (Å²) >= 11 is 0. The second-order valence-electron chi connectivity index (χ2n) is 6.62. The van der Waals surface area contributed by atoms with Crippen LogP contribution in [0.5, 0.6) is 0 Å². The molecule has 1 aromatic carbocycles. The quantitative estimate of drug-likeness (QED) is 0.618. The molecule has 0 radical (unpaired) electrons. The summed E-state index contributed by atoms with van der Waals surface area (Å²) in [5, 5.41) is 21.6. The van der Waals surface area contributed by atoms with E-state index in [0.717, 1.165) is 19.4 Å². The Morgan fingerprint density at radius 3 is 2.85 bits per heavy atom. The molecular weight excluding hydrogens is 350 g/mol. The fraction of sp³-hybridized carbons (Fsp3) is 0.389. The number of nitrogens with zero attached hydrogens (tertiary/aromatic N) is 3. The number of hydrogen-bond donors (Lipinski definition) is 2. The number of carbonyl (C=O) groups excluding carboxylic acids is 1. The maximum atomic E-state index is 12.6. The van der Waals surface area contributed by atoms with Gasteiger partial charge in [-0.25, -0.2) is 4.68 Å². The summed E-state index contributed by atoms with van der Waals surface area (Å²) in [6.45, 7) is 4.47. The number of aryl methyl sites for hydroxylation is 1. The van der Waals surface area contributed by atoms with Crippen molar-refractivity contribution in [3.63, 3.8) is 0 Å². The lowest BCUT2D eigenvalue weighted by atomic mass is 10.00. The van der Waals surface area contributed by atoms with Crippen molar-refractivity contribution in [3.8, 4) is 5.69 Å². The predicted octanol–water partition coefficient (Wildman–Crippen LogP) is 1.32. The van der Waals surface area contributed by atoms with Gasteiger partial charge in [0.1, 0.15) is 5.69 Å². The van der Waals surface area contributed by atoms with E-state index < -0.39 is 16.3 Å². The zero-order valence-electron chi connectivity index (χ0n) is 15.1. The van der Waals surface area contributed by atoms with Gasteiger partial charge in [-0.05, 0) is 39.3 Å². The van der Waals surface area contributed by atoms with E-state index in [1.807, 2.05) is 6.92 Å². The Morgan fingerprint density at radius 2 is 2.15 bits per heavy atom. The van der Waals surface area contributed by atoms with Crippen LogP contribution in [0.2, 0.25) is 0 Å². The highest BCUT2D eigenvalue weighted by Gasteiger charge is 2.25. The van der Waals surface area contributed by atoms with E-state index in [-0.39, 0.29) is 29.2 Å². The Hall–Kier alpha value is -3.07. The van der Waals surface area contributed by atoms with Crippen LogP contribution in [0.1, 0.15) is 35.9 Å². The van der Waals surface area contributed by atoms with E-state index in [4.69, 9.17) is 0 Å². The van der Waals surface area contributed by atoms with Crippen molar-refractivity contribution in [2.75, 3.05) is 6.54 Å². The van der Waals surface area contributed by atoms with E-state index in [2.05, 4.69) is 15.7 Å². The fourth-order valence-corrected chi connectivity index (χ4v) is 3.22. The van der Waals surface area contributed by atoms with E-state index in [1.165, 1.54) is 22.9 Å². The average molecular weight is 371 g/mol. The number of piperidine rings is 1. The van der Waals surface area contributed by atoms with E-state index in [1.54, 1.807) is 19.1 Å². The van der Waals surface area contributed by atoms with Crippen molar-refractivity contribution in [1.82, 2.24) is 20.4 Å². The SMILES string of the molecule is Cc1cc(=O)c(C(=O)NC2CCCNC2C)nn1-c1ccccc1[N+](=O)[O-]. The van der Waals surface area contributed by atoms with Gasteiger partial charge < -0.3 is 10.6 Å². The van der Waals surface area contributed by atoms with Gasteiger partial charge in [-0.3, -0.25) is 19.7 Å². The van der Waals surface area contributed by atoms with Crippen LogP contribution in [0.3, 0.4) is 0 Å². The van der Waals surface area contributed by atoms with Crippen molar-refractivity contribution in [2.45, 2.75) is 38.8 Å². The fourth-order valence-electron chi connectivity index (χ4n) is 3.22. The van der Waals surface area contributed by atoms with Crippen molar-refractivity contribution >= 4 is 11.6 Å². The van der Waals surface area contributed by atoms with Gasteiger partial charge in [0.25, 0.3) is 11.6 Å². The molecule has 3 rings (SSSR count). The van der Waals surface area contributed by atoms with Crippen LogP contribution < -0.4 is 16.1 Å². The number of carbonyl (C=O) groups is 1. The van der Waals surface area contributed by atoms with Crippen LogP contribution >= 0.6 is 0 Å². The second-order valence-corrected chi connectivity index (χ2v) is 6.62. The standard InChI is InChI=1S/C18H21N5O4/c1-11-10-16(24)17(18(25)20-13-6-5-9-19-12(13)2)21-22(11)14-7-3-4-8-15(14)23(26)27/h3-4,7-8,10,12-13,19H,5-6,9H2,1-2H3,(H,20,25). The van der Waals surface area contributed by atoms with Gasteiger partial charge in [-0.15, -0.1) is 0 Å². The Kier molecular flexibility index (Phi) is 5.31. The van der Waals surface area contributed by atoms with E-state index >= 15 is 0 Å². The van der Waals surface area contributed by atoms with Gasteiger partial charge in [0.2, 0.25) is 5.43 Å². The number of nitrogens with one attached hydrogen (secondary N) is 2. The van der Waals surface area contributed by atoms with Gasteiger partial charge >= 0.3 is 0 Å². The zero-order valence-corrected chi connectivity index (χ0v) is 15.1. The first kappa shape index (κ1) is 18.7. The minimum Gasteiger partial charge on any atom is -0.346 e. The van der Waals surface area contributed by atoms with Crippen LogP contribution in [0.15, 0.2) is 35.1 Å². The third kappa shape index (κ3) is 3.87. The molecular formula is C18H21N5O4. The minimum atomic E-state index is -0.576. The number of benzene rings is 1. The smallest absolute Gasteiger partial charge is 0.294 e. The summed E-state index contributed by atoms with van der Waals surface area (Å²) in [6, 6.07) is 7.31. The normalized spacial score (nSPS) is 19.5. The molecule has 142 valence electrons. The molecule has 2 N–H and O–H groups in total. The lowest BCUT2D eigenvalue weighted by molar-refractivity contribution is -0.384. The van der Waals surface area contributed by atoms with Gasteiger partial charge in [0.15, 0.2) is 5.69 Å². The highest BCUT2D eigenvalue weighted by Crippen LogP contribution is 2.22. The Balaban J connectivity index is 1.99. The first-order chi connectivity index (χ1) is 12.9. The first-order valence-electron chi connectivity index (χ1n) is 8.77. The van der Waals surface area contributed by atoms with E-state index in [9.17, 15) is 19.7 Å². The molecule has 2 aromatic rings. The molecule has 0 aliphatic carbocycles. The summed E-state index contributed by atoms with van der Waals surface area (Å²) in [4.78, 5) is 35.7. The number of para-hydroxylation sites is 2. The van der Waals surface area contributed by atoms with Crippen LogP contribution in [0.4, 0.5) is 5.69 Å². The molecule has 1 saturated heterocycles. The molecule has 2 unspecified atom stereocenters. The largest absolute Gasteiger partial charge is 0.346 e. The van der Waals surface area contributed by atoms with Crippen LogP contribution in [-0.4, -0.2) is 39.2 Å². The van der Waals surface area contributed by atoms with E-state index in [0.29, 0.717) is 5.69 Å². The first-order valence-corrected chi connectivity index (χ1v) is 8.77. The number of amides is 1. The molecule has 9 heteroatoms. The van der Waals surface area contributed by atoms with Gasteiger partial charge in [-0.2, -0.15) is 5.10 Å². The molecule has 1 aromatic heterocycles. The maximum absolute atomic E-state index is 12.6. The third-order valence-corrected chi connectivity index (χ3v) is 4.71. The monoisotopic (exact) mass is 371 g/mol. The van der Waals surface area contributed by atoms with Crippen LogP contribution in [0.25, 0.3) is 5.69 Å². The second kappa shape index (κ2) is 7.67. The van der Waals surface area contributed by atoms with Crippen LogP contribution in [0, 0.1) is 17.0 Å². The average Bonchev–Trinajstić information content (AvgIpc) is 2.63. The summed E-state index contributed by atoms with van der Waals surface area (Å²) in [6.07, 6.45) is 1.74. The van der Waals surface area contributed by atoms with Crippen molar-refractivity contribution < 1.29 is 9.72 Å². The predicted molar refractivity (Wildman–Crippen MR) is 99.2 cm³/mol.